The average molecular weight is 432 g/mol. The van der Waals surface area contributed by atoms with E-state index < -0.39 is 0 Å². The summed E-state index contributed by atoms with van der Waals surface area (Å²) in [4.78, 5) is 20.2. The molecule has 0 aliphatic carbocycles. The molecule has 4 rings (SSSR count). The Bertz CT molecular complexity index is 1270. The second-order valence-corrected chi connectivity index (χ2v) is 7.87. The quantitative estimate of drug-likeness (QED) is 0.411. The van der Waals surface area contributed by atoms with Gasteiger partial charge in [0.25, 0.3) is 5.56 Å². The number of aryl methyl sites for hydroxylation is 1. The number of methoxy groups -OCH3 is 1. The Kier molecular flexibility index (Phi) is 6.32. The third-order valence-electron chi connectivity index (χ3n) is 5.70. The third kappa shape index (κ3) is 4.41. The Labute approximate surface area is 186 Å². The van der Waals surface area contributed by atoms with Crippen LogP contribution in [-0.2, 0) is 11.2 Å². The van der Waals surface area contributed by atoms with Crippen molar-refractivity contribution in [1.29, 1.82) is 0 Å². The monoisotopic (exact) mass is 431 g/mol. The maximum atomic E-state index is 13.6. The van der Waals surface area contributed by atoms with Crippen molar-refractivity contribution in [2.24, 2.45) is 0 Å². The molecule has 1 atom stereocenters. The molecule has 6 heteroatoms. The first-order valence-electron chi connectivity index (χ1n) is 10.5. The summed E-state index contributed by atoms with van der Waals surface area (Å²) in [5.74, 6) is 0.367. The van der Waals surface area contributed by atoms with E-state index in [1.165, 1.54) is 12.1 Å². The molecule has 4 aromatic rings. The lowest BCUT2D eigenvalue weighted by atomic mass is 10.1. The van der Waals surface area contributed by atoms with Gasteiger partial charge in [-0.1, -0.05) is 30.3 Å². The van der Waals surface area contributed by atoms with E-state index >= 15 is 0 Å². The zero-order valence-corrected chi connectivity index (χ0v) is 18.5. The first kappa shape index (κ1) is 21.7. The van der Waals surface area contributed by atoms with Gasteiger partial charge in [-0.15, -0.1) is 0 Å². The van der Waals surface area contributed by atoms with E-state index in [1.54, 1.807) is 23.8 Å². The highest BCUT2D eigenvalue weighted by molar-refractivity contribution is 5.83. The molecule has 0 radical (unpaired) electrons. The van der Waals surface area contributed by atoms with Crippen molar-refractivity contribution in [2.45, 2.75) is 19.4 Å². The number of fused-ring (bicyclic) bond motifs is 1. The fourth-order valence-corrected chi connectivity index (χ4v) is 4.05. The molecule has 1 aromatic heterocycles. The second kappa shape index (κ2) is 9.32. The number of benzene rings is 3. The van der Waals surface area contributed by atoms with Crippen LogP contribution < -0.4 is 10.5 Å². The highest BCUT2D eigenvalue weighted by Crippen LogP contribution is 2.26. The van der Waals surface area contributed by atoms with Gasteiger partial charge in [0, 0.05) is 25.5 Å². The van der Waals surface area contributed by atoms with Gasteiger partial charge < -0.3 is 9.64 Å². The predicted octanol–water partition coefficient (Wildman–Crippen LogP) is 5.04. The van der Waals surface area contributed by atoms with Gasteiger partial charge in [-0.25, -0.2) is 9.37 Å². The smallest absolute Gasteiger partial charge is 0.261 e. The topological polar surface area (TPSA) is 47.4 Å². The van der Waals surface area contributed by atoms with Gasteiger partial charge in [0.15, 0.2) is 0 Å². The minimum absolute atomic E-state index is 0.0974. The van der Waals surface area contributed by atoms with Crippen LogP contribution in [0.2, 0.25) is 0 Å². The summed E-state index contributed by atoms with van der Waals surface area (Å²) >= 11 is 0. The summed E-state index contributed by atoms with van der Waals surface area (Å²) in [7, 11) is 3.53. The van der Waals surface area contributed by atoms with Crippen LogP contribution >= 0.6 is 0 Å². The molecule has 0 saturated heterocycles. The number of aromatic nitrogens is 2. The Morgan fingerprint density at radius 3 is 2.41 bits per heavy atom. The SMILES string of the molecule is COC[C@H](Cc1ccccc1)n1c(C)nc2ccc(N(C)c3ccc(F)cc3)cc2c1=O. The average Bonchev–Trinajstić information content (AvgIpc) is 2.80. The van der Waals surface area contributed by atoms with Gasteiger partial charge in [0.1, 0.15) is 11.6 Å². The fraction of sp³-hybridized carbons (Fsp3) is 0.231. The molecule has 0 amide bonds. The molecule has 5 nitrogen and oxygen atoms in total. The minimum Gasteiger partial charge on any atom is -0.383 e. The van der Waals surface area contributed by atoms with Gasteiger partial charge >= 0.3 is 0 Å². The van der Waals surface area contributed by atoms with Crippen LogP contribution in [0.1, 0.15) is 17.4 Å². The first-order valence-corrected chi connectivity index (χ1v) is 10.5. The standard InChI is InChI=1S/C26H26FN3O2/c1-18-28-25-14-13-22(29(2)21-11-9-20(27)10-12-21)16-24(25)26(31)30(18)23(17-32-3)15-19-7-5-4-6-8-19/h4-14,16,23H,15,17H2,1-3H3/t23-/m0/s1. The third-order valence-corrected chi connectivity index (χ3v) is 5.70. The Hall–Kier alpha value is -3.51. The van der Waals surface area contributed by atoms with Crippen LogP contribution in [0.25, 0.3) is 10.9 Å². The molecular formula is C26H26FN3O2. The van der Waals surface area contributed by atoms with Crippen molar-refractivity contribution in [2.75, 3.05) is 25.7 Å². The number of hydrogen-bond acceptors (Lipinski definition) is 4. The highest BCUT2D eigenvalue weighted by Gasteiger charge is 2.19. The van der Waals surface area contributed by atoms with Gasteiger partial charge in [-0.05, 0) is 61.4 Å². The van der Waals surface area contributed by atoms with Crippen LogP contribution in [0.15, 0.2) is 77.6 Å². The number of hydrogen-bond donors (Lipinski definition) is 0. The van der Waals surface area contributed by atoms with E-state index in [1.807, 2.05) is 67.4 Å². The van der Waals surface area contributed by atoms with E-state index in [4.69, 9.17) is 9.72 Å². The molecule has 0 aliphatic heterocycles. The highest BCUT2D eigenvalue weighted by atomic mass is 19.1. The lowest BCUT2D eigenvalue weighted by molar-refractivity contribution is 0.152. The van der Waals surface area contributed by atoms with Crippen LogP contribution in [-0.4, -0.2) is 30.3 Å². The van der Waals surface area contributed by atoms with E-state index in [0.29, 0.717) is 29.8 Å². The van der Waals surface area contributed by atoms with Crippen molar-refractivity contribution in [3.05, 3.63) is 100 Å². The lowest BCUT2D eigenvalue weighted by Crippen LogP contribution is -2.32. The number of ether oxygens (including phenoxy) is 1. The van der Waals surface area contributed by atoms with Crippen LogP contribution in [0.5, 0.6) is 0 Å². The summed E-state index contributed by atoms with van der Waals surface area (Å²) in [6.07, 6.45) is 0.664. The molecule has 3 aromatic carbocycles. The van der Waals surface area contributed by atoms with E-state index in [-0.39, 0.29) is 17.4 Å². The number of anilines is 2. The largest absolute Gasteiger partial charge is 0.383 e. The van der Waals surface area contributed by atoms with Gasteiger partial charge in [0.05, 0.1) is 23.6 Å². The summed E-state index contributed by atoms with van der Waals surface area (Å²) in [5.41, 5.74) is 3.33. The van der Waals surface area contributed by atoms with Crippen LogP contribution in [0.3, 0.4) is 0 Å². The van der Waals surface area contributed by atoms with E-state index in [9.17, 15) is 9.18 Å². The zero-order valence-electron chi connectivity index (χ0n) is 18.5. The van der Waals surface area contributed by atoms with Crippen molar-refractivity contribution < 1.29 is 9.13 Å². The lowest BCUT2D eigenvalue weighted by Gasteiger charge is -2.23. The van der Waals surface area contributed by atoms with Crippen LogP contribution in [0, 0.1) is 12.7 Å². The number of halogens is 1. The van der Waals surface area contributed by atoms with Crippen molar-refractivity contribution in [3.8, 4) is 0 Å². The Morgan fingerprint density at radius 2 is 1.72 bits per heavy atom. The molecule has 0 fully saturated rings. The molecule has 1 heterocycles. The number of rotatable bonds is 7. The van der Waals surface area contributed by atoms with Crippen LogP contribution in [0.4, 0.5) is 15.8 Å². The van der Waals surface area contributed by atoms with Gasteiger partial charge in [-0.2, -0.15) is 0 Å². The molecule has 32 heavy (non-hydrogen) atoms. The van der Waals surface area contributed by atoms with Gasteiger partial charge in [0.2, 0.25) is 0 Å². The molecule has 0 N–H and O–H groups in total. The Balaban J connectivity index is 1.77. The second-order valence-electron chi connectivity index (χ2n) is 7.87. The molecule has 0 aliphatic rings. The molecule has 0 spiro atoms. The summed E-state index contributed by atoms with van der Waals surface area (Å²) < 4.78 is 20.5. The zero-order chi connectivity index (χ0) is 22.7. The first-order chi connectivity index (χ1) is 15.5. The summed E-state index contributed by atoms with van der Waals surface area (Å²) in [6, 6.07) is 21.7. The van der Waals surface area contributed by atoms with Crippen molar-refractivity contribution in [3.63, 3.8) is 0 Å². The molecule has 0 saturated carbocycles. The van der Waals surface area contributed by atoms with Crippen molar-refractivity contribution in [1.82, 2.24) is 9.55 Å². The number of nitrogens with zero attached hydrogens (tertiary/aromatic N) is 3. The fourth-order valence-electron chi connectivity index (χ4n) is 4.05. The molecule has 0 bridgehead atoms. The minimum atomic E-state index is -0.286. The summed E-state index contributed by atoms with van der Waals surface area (Å²) in [6.45, 7) is 2.26. The normalized spacial score (nSPS) is 12.1. The van der Waals surface area contributed by atoms with Gasteiger partial charge in [-0.3, -0.25) is 9.36 Å². The molecule has 164 valence electrons. The van der Waals surface area contributed by atoms with Crippen molar-refractivity contribution >= 4 is 22.3 Å². The molecule has 0 unspecified atom stereocenters. The maximum absolute atomic E-state index is 13.6. The Morgan fingerprint density at radius 1 is 1.03 bits per heavy atom. The maximum Gasteiger partial charge on any atom is 0.261 e. The summed E-state index contributed by atoms with van der Waals surface area (Å²) in [5, 5.41) is 0.538. The van der Waals surface area contributed by atoms with E-state index in [2.05, 4.69) is 0 Å². The predicted molar refractivity (Wildman–Crippen MR) is 126 cm³/mol. The molecular weight excluding hydrogens is 405 g/mol. The van der Waals surface area contributed by atoms with E-state index in [0.717, 1.165) is 16.9 Å².